The SMILES string of the molecule is O=C(NS(=O)(=O)c1cc(Cl)c(Cl)s1)OC/C(F)=C1/CCCc2cnn(Cc3ccc(Cl)cc3Cl)c21.O=C(NS(=O)(=O)c1cc(Cl)c(Cl)s1)OC/C(F)=C1\CCCc2cnn(Cc3ccc(Cl)cc3Cl)c21. The number of sulfonamides is 2. The van der Waals surface area contributed by atoms with Crippen molar-refractivity contribution in [3.05, 3.63) is 145 Å². The molecular weight excluding hydrogens is 1170 g/mol. The maximum Gasteiger partial charge on any atom is 0.421 e. The van der Waals surface area contributed by atoms with Crippen molar-refractivity contribution in [1.82, 2.24) is 29.0 Å². The topological polar surface area (TPSA) is 181 Å². The summed E-state index contributed by atoms with van der Waals surface area (Å²) in [6.45, 7) is -0.939. The molecule has 0 unspecified atom stereocenters. The molecule has 0 aliphatic heterocycles. The first-order valence-electron chi connectivity index (χ1n) is 20.1. The van der Waals surface area contributed by atoms with Crippen LogP contribution in [0.4, 0.5) is 18.4 Å². The average Bonchev–Trinajstić information content (AvgIpc) is 4.09. The summed E-state index contributed by atoms with van der Waals surface area (Å²) in [5.74, 6) is -1.41. The monoisotopic (exact) mass is 1190 g/mol. The summed E-state index contributed by atoms with van der Waals surface area (Å²) in [6.07, 6.45) is 4.26. The summed E-state index contributed by atoms with van der Waals surface area (Å²) in [7, 11) is -8.54. The number of rotatable bonds is 12. The Labute approximate surface area is 447 Å². The molecule has 0 atom stereocenters. The van der Waals surface area contributed by atoms with Gasteiger partial charge >= 0.3 is 12.2 Å². The Balaban J connectivity index is 0.000000206. The Hall–Kier alpha value is -3.64. The highest BCUT2D eigenvalue weighted by Crippen LogP contribution is 2.38. The molecule has 2 aromatic carbocycles. The third-order valence-electron chi connectivity index (χ3n) is 10.3. The summed E-state index contributed by atoms with van der Waals surface area (Å²) in [5, 5.41) is 10.7. The van der Waals surface area contributed by atoms with Crippen LogP contribution in [0.25, 0.3) is 11.1 Å². The van der Waals surface area contributed by atoms with E-state index in [1.54, 1.807) is 67.6 Å². The molecule has 0 saturated heterocycles. The zero-order valence-corrected chi connectivity index (χ0v) is 44.6. The highest BCUT2D eigenvalue weighted by atomic mass is 35.5. The number of thiophene rings is 2. The molecule has 0 saturated carbocycles. The van der Waals surface area contributed by atoms with Gasteiger partial charge in [0.1, 0.15) is 42.0 Å². The third kappa shape index (κ3) is 13.1. The quantitative estimate of drug-likeness (QED) is 0.120. The van der Waals surface area contributed by atoms with E-state index in [2.05, 4.69) is 10.2 Å². The van der Waals surface area contributed by atoms with E-state index < -0.39 is 57.1 Å². The second-order valence-corrected chi connectivity index (χ2v) is 24.7. The summed E-state index contributed by atoms with van der Waals surface area (Å²) in [6, 6.07) is 12.4. The number of allylic oxidation sites excluding steroid dienone is 2. The molecule has 4 heterocycles. The molecule has 0 radical (unpaired) electrons. The van der Waals surface area contributed by atoms with Crippen LogP contribution in [0.3, 0.4) is 0 Å². The van der Waals surface area contributed by atoms with Crippen molar-refractivity contribution in [3.8, 4) is 0 Å². The lowest BCUT2D eigenvalue weighted by atomic mass is 9.92. The van der Waals surface area contributed by atoms with E-state index in [-0.39, 0.29) is 40.2 Å². The van der Waals surface area contributed by atoms with E-state index in [9.17, 15) is 26.4 Å². The molecule has 0 spiro atoms. The summed E-state index contributed by atoms with van der Waals surface area (Å²) < 4.78 is 95.5. The van der Waals surface area contributed by atoms with Gasteiger partial charge in [-0.25, -0.2) is 44.6 Å². The van der Waals surface area contributed by atoms with Gasteiger partial charge < -0.3 is 9.47 Å². The lowest BCUT2D eigenvalue weighted by Crippen LogP contribution is -2.31. The van der Waals surface area contributed by atoms with Crippen LogP contribution in [0.5, 0.6) is 0 Å². The number of halogens is 10. The first kappa shape index (κ1) is 54.1. The predicted octanol–water partition coefficient (Wildman–Crippen LogP) is 13.5. The summed E-state index contributed by atoms with van der Waals surface area (Å²) >= 11 is 48.9. The van der Waals surface area contributed by atoms with Crippen molar-refractivity contribution in [2.75, 3.05) is 13.2 Å². The number of amides is 2. The van der Waals surface area contributed by atoms with Crippen LogP contribution in [0, 0.1) is 0 Å². The molecule has 2 amide bonds. The number of hydrogen-bond donors (Lipinski definition) is 2. The molecule has 2 aliphatic rings. The summed E-state index contributed by atoms with van der Waals surface area (Å²) in [5.41, 5.74) is 5.04. The molecule has 4 aromatic heterocycles. The number of nitrogens with zero attached hydrogens (tertiary/aromatic N) is 4. The smallest absolute Gasteiger partial charge is 0.421 e. The second kappa shape index (κ2) is 23.1. The predicted molar refractivity (Wildman–Crippen MR) is 270 cm³/mol. The van der Waals surface area contributed by atoms with Crippen LogP contribution < -0.4 is 9.44 Å². The average molecular weight is 1200 g/mol. The van der Waals surface area contributed by atoms with Gasteiger partial charge in [0.15, 0.2) is 0 Å². The number of nitrogens with one attached hydrogen (secondary N) is 2. The number of carbonyl (C=O) groups excluding carboxylic acids is 2. The number of benzene rings is 2. The van der Waals surface area contributed by atoms with Gasteiger partial charge in [0.25, 0.3) is 20.0 Å². The van der Waals surface area contributed by atoms with Gasteiger partial charge in [0.05, 0.1) is 46.9 Å². The highest BCUT2D eigenvalue weighted by molar-refractivity contribution is 7.92. The lowest BCUT2D eigenvalue weighted by molar-refractivity contribution is 0.155. The molecule has 8 rings (SSSR count). The molecule has 14 nitrogen and oxygen atoms in total. The van der Waals surface area contributed by atoms with Gasteiger partial charge in [0.2, 0.25) is 0 Å². The largest absolute Gasteiger partial charge is 0.442 e. The van der Waals surface area contributed by atoms with Crippen molar-refractivity contribution in [3.63, 3.8) is 0 Å². The van der Waals surface area contributed by atoms with E-state index in [4.69, 9.17) is 102 Å². The van der Waals surface area contributed by atoms with Crippen LogP contribution in [-0.4, -0.2) is 61.8 Å². The molecule has 0 fully saturated rings. The van der Waals surface area contributed by atoms with Crippen molar-refractivity contribution < 1.29 is 44.7 Å². The van der Waals surface area contributed by atoms with E-state index in [1.807, 2.05) is 0 Å². The Bertz CT molecular complexity index is 3050. The van der Waals surface area contributed by atoms with Crippen LogP contribution in [0.15, 0.2) is 81.0 Å². The fourth-order valence-corrected chi connectivity index (χ4v) is 13.7. The number of aromatic nitrogens is 4. The highest BCUT2D eigenvalue weighted by Gasteiger charge is 2.28. The fourth-order valence-electron chi connectivity index (χ4n) is 7.18. The Morgan fingerprint density at radius 2 is 0.971 bits per heavy atom. The minimum atomic E-state index is -4.27. The third-order valence-corrected chi connectivity index (χ3v) is 18.8. The molecule has 70 heavy (non-hydrogen) atoms. The van der Waals surface area contributed by atoms with Gasteiger partial charge in [-0.05, 0) is 97.2 Å². The van der Waals surface area contributed by atoms with E-state index in [1.165, 1.54) is 0 Å². The number of aryl methyl sites for hydroxylation is 2. The standard InChI is InChI=1S/2C21H16Cl4FN3O4S2/c2*22-13-5-4-12(15(23)6-13)9-29-19-11(8-27-29)2-1-3-14(19)17(26)10-33-21(30)28-35(31,32)18-7-16(24)20(25)34-18/h2*4-8H,1-3,9-10H2,(H,28,30)/b17-14+;17-14-. The minimum Gasteiger partial charge on any atom is -0.442 e. The molecule has 372 valence electrons. The second-order valence-electron chi connectivity index (χ2n) is 15.0. The minimum absolute atomic E-state index is 0.0331. The number of ether oxygens (including phenoxy) is 2. The van der Waals surface area contributed by atoms with Crippen molar-refractivity contribution in [1.29, 1.82) is 0 Å². The molecule has 2 aliphatic carbocycles. The van der Waals surface area contributed by atoms with Gasteiger partial charge in [-0.15, -0.1) is 22.7 Å². The van der Waals surface area contributed by atoms with Gasteiger partial charge in [-0.3, -0.25) is 9.36 Å². The first-order chi connectivity index (χ1) is 33.1. The Kier molecular flexibility index (Phi) is 17.8. The normalized spacial score (nSPS) is 15.0. The Morgan fingerprint density at radius 1 is 0.586 bits per heavy atom. The van der Waals surface area contributed by atoms with Crippen molar-refractivity contribution in [2.45, 2.75) is 60.0 Å². The van der Waals surface area contributed by atoms with Crippen molar-refractivity contribution in [2.24, 2.45) is 0 Å². The fraction of sp³-hybridized carbons (Fsp3) is 0.238. The first-order valence-corrected chi connectivity index (χ1v) is 27.7. The maximum atomic E-state index is 15.2. The van der Waals surface area contributed by atoms with Gasteiger partial charge in [0, 0.05) is 31.2 Å². The van der Waals surface area contributed by atoms with Crippen LogP contribution in [0.2, 0.25) is 38.8 Å². The Morgan fingerprint density at radius 3 is 1.31 bits per heavy atom. The van der Waals surface area contributed by atoms with Crippen LogP contribution in [0.1, 0.15) is 59.3 Å². The van der Waals surface area contributed by atoms with E-state index >= 15 is 8.78 Å². The molecule has 28 heteroatoms. The molecule has 2 N–H and O–H groups in total. The maximum absolute atomic E-state index is 15.2. The zero-order chi connectivity index (χ0) is 50.7. The van der Waals surface area contributed by atoms with Gasteiger partial charge in [-0.1, -0.05) is 105 Å². The molecular formula is C42H32Cl8F2N6O8S4. The van der Waals surface area contributed by atoms with Gasteiger partial charge in [-0.2, -0.15) is 10.2 Å². The van der Waals surface area contributed by atoms with E-state index in [0.717, 1.165) is 34.4 Å². The molecule has 0 bridgehead atoms. The number of hydrogen-bond acceptors (Lipinski definition) is 12. The summed E-state index contributed by atoms with van der Waals surface area (Å²) in [4.78, 5) is 24.1. The van der Waals surface area contributed by atoms with E-state index in [0.29, 0.717) is 104 Å². The number of fused-ring (bicyclic) bond motifs is 2. The van der Waals surface area contributed by atoms with Crippen LogP contribution >= 0.6 is 115 Å². The van der Waals surface area contributed by atoms with Crippen LogP contribution in [-0.2, 0) is 55.5 Å². The number of carbonyl (C=O) groups is 2. The molecule has 6 aromatic rings. The lowest BCUT2D eigenvalue weighted by Gasteiger charge is -2.19. The zero-order valence-electron chi connectivity index (χ0n) is 35.3. The van der Waals surface area contributed by atoms with Crippen molar-refractivity contribution >= 4 is 159 Å².